The fourth-order valence-electron chi connectivity index (χ4n) is 7.70. The van der Waals surface area contributed by atoms with Gasteiger partial charge in [-0.05, 0) is 70.3 Å². The Balaban J connectivity index is 1.16. The van der Waals surface area contributed by atoms with Crippen LogP contribution in [0.25, 0.3) is 50.8 Å². The Kier molecular flexibility index (Phi) is 7.17. The molecule has 0 bridgehead atoms. The molecule has 2 aliphatic heterocycles. The van der Waals surface area contributed by atoms with Crippen molar-refractivity contribution in [3.63, 3.8) is 0 Å². The predicted octanol–water partition coefficient (Wildman–Crippen LogP) is 12.0. The van der Waals surface area contributed by atoms with Crippen LogP contribution in [0.3, 0.4) is 0 Å². The van der Waals surface area contributed by atoms with Crippen molar-refractivity contribution in [2.45, 2.75) is 6.17 Å². The number of nitrogens with one attached hydrogen (secondary N) is 1. The highest BCUT2D eigenvalue weighted by Gasteiger charge is 2.24. The summed E-state index contributed by atoms with van der Waals surface area (Å²) in [4.78, 5) is 7.77. The van der Waals surface area contributed by atoms with Gasteiger partial charge >= 0.3 is 0 Å². The molecule has 10 rings (SSSR count). The molecule has 0 aliphatic carbocycles. The first kappa shape index (κ1) is 30.0. The lowest BCUT2D eigenvalue weighted by atomic mass is 9.99. The zero-order valence-corrected chi connectivity index (χ0v) is 28.4. The minimum atomic E-state index is -0.272. The molecule has 52 heavy (non-hydrogen) atoms. The highest BCUT2D eigenvalue weighted by molar-refractivity contribution is 6.10. The average molecular weight is 667 g/mol. The standard InChI is InChI=1S/C48H34N4/c1-4-14-33(15-5-1)42-32-47(50-48(49-42)36-17-6-2-7-18-36)52-44-23-13-11-21-40(44)41-29-28-38(31-46(41)52)37-27-26-35-25-24-34-16-10-12-22-43(34)51(45(35)30-37)39-19-8-3-9-20-39/h1-32,47H,(H,49,50). The van der Waals surface area contributed by atoms with Gasteiger partial charge in [-0.15, -0.1) is 0 Å². The smallest absolute Gasteiger partial charge is 0.149 e. The van der Waals surface area contributed by atoms with Crippen molar-refractivity contribution < 1.29 is 0 Å². The first-order chi connectivity index (χ1) is 25.8. The van der Waals surface area contributed by atoms with Gasteiger partial charge in [-0.25, -0.2) is 4.99 Å². The van der Waals surface area contributed by atoms with E-state index in [0.717, 1.165) is 61.9 Å². The van der Waals surface area contributed by atoms with E-state index in [1.165, 1.54) is 21.9 Å². The number of fused-ring (bicyclic) bond motifs is 5. The average Bonchev–Trinajstić information content (AvgIpc) is 3.45. The molecular formula is C48H34N4. The Morgan fingerprint density at radius 2 is 1.08 bits per heavy atom. The van der Waals surface area contributed by atoms with Gasteiger partial charge in [-0.1, -0.05) is 152 Å². The number of nitrogens with zero attached hydrogens (tertiary/aromatic N) is 3. The highest BCUT2D eigenvalue weighted by atomic mass is 15.2. The zero-order valence-electron chi connectivity index (χ0n) is 28.4. The fraction of sp³-hybridized carbons (Fsp3) is 0.0208. The Labute approximate surface area is 303 Å². The van der Waals surface area contributed by atoms with E-state index in [1.807, 2.05) is 6.07 Å². The molecule has 246 valence electrons. The lowest BCUT2D eigenvalue weighted by Crippen LogP contribution is -2.29. The van der Waals surface area contributed by atoms with Gasteiger partial charge in [-0.3, -0.25) is 0 Å². The maximum atomic E-state index is 5.38. The van der Waals surface area contributed by atoms with Crippen LogP contribution in [-0.4, -0.2) is 10.4 Å². The van der Waals surface area contributed by atoms with Crippen LogP contribution in [-0.2, 0) is 0 Å². The minimum Gasteiger partial charge on any atom is -0.340 e. The van der Waals surface area contributed by atoms with Gasteiger partial charge in [0, 0.05) is 27.7 Å². The Morgan fingerprint density at radius 3 is 1.88 bits per heavy atom. The van der Waals surface area contributed by atoms with Crippen molar-refractivity contribution in [3.05, 3.63) is 204 Å². The van der Waals surface area contributed by atoms with E-state index in [9.17, 15) is 0 Å². The minimum absolute atomic E-state index is 0.272. The van der Waals surface area contributed by atoms with E-state index in [2.05, 4.69) is 203 Å². The van der Waals surface area contributed by atoms with Crippen molar-refractivity contribution >= 4 is 62.6 Å². The molecular weight excluding hydrogens is 633 g/mol. The molecule has 1 aromatic heterocycles. The van der Waals surface area contributed by atoms with Crippen molar-refractivity contribution in [1.29, 1.82) is 0 Å². The molecule has 7 aromatic carbocycles. The molecule has 4 nitrogen and oxygen atoms in total. The number of para-hydroxylation sites is 3. The zero-order chi connectivity index (χ0) is 34.4. The highest BCUT2D eigenvalue weighted by Crippen LogP contribution is 2.44. The molecule has 1 N–H and O–H groups in total. The predicted molar refractivity (Wildman–Crippen MR) is 218 cm³/mol. The van der Waals surface area contributed by atoms with Crippen LogP contribution < -0.4 is 10.2 Å². The topological polar surface area (TPSA) is 32.6 Å². The molecule has 8 aromatic rings. The first-order valence-electron chi connectivity index (χ1n) is 17.8. The number of aromatic nitrogens is 1. The summed E-state index contributed by atoms with van der Waals surface area (Å²) in [7, 11) is 0. The van der Waals surface area contributed by atoms with E-state index >= 15 is 0 Å². The van der Waals surface area contributed by atoms with E-state index in [-0.39, 0.29) is 6.17 Å². The van der Waals surface area contributed by atoms with Crippen molar-refractivity contribution in [3.8, 4) is 11.1 Å². The van der Waals surface area contributed by atoms with Crippen LogP contribution in [0.15, 0.2) is 187 Å². The van der Waals surface area contributed by atoms with E-state index < -0.39 is 0 Å². The maximum absolute atomic E-state index is 5.38. The summed E-state index contributed by atoms with van der Waals surface area (Å²) in [6.45, 7) is 0. The van der Waals surface area contributed by atoms with E-state index in [0.29, 0.717) is 0 Å². The van der Waals surface area contributed by atoms with E-state index in [1.54, 1.807) is 0 Å². The second kappa shape index (κ2) is 12.4. The van der Waals surface area contributed by atoms with Gasteiger partial charge in [-0.2, -0.15) is 0 Å². The summed E-state index contributed by atoms with van der Waals surface area (Å²) in [6, 6.07) is 62.6. The van der Waals surface area contributed by atoms with Crippen LogP contribution in [0.5, 0.6) is 0 Å². The number of rotatable bonds is 5. The second-order valence-electron chi connectivity index (χ2n) is 13.3. The normalized spacial score (nSPS) is 15.0. The van der Waals surface area contributed by atoms with Gasteiger partial charge < -0.3 is 14.8 Å². The number of aliphatic imine (C=N–C) groups is 1. The SMILES string of the molecule is C1=Cc2ccc(-c3ccc4c5ccccc5n(C5C=C(c6ccccc6)NC(c6ccccc6)=N5)c4c3)cc2N(c2ccccc2)c2ccccc21. The third-order valence-electron chi connectivity index (χ3n) is 10.2. The molecule has 0 radical (unpaired) electrons. The van der Waals surface area contributed by atoms with Crippen LogP contribution in [0.1, 0.15) is 28.4 Å². The first-order valence-corrected chi connectivity index (χ1v) is 17.8. The molecule has 0 spiro atoms. The molecule has 2 aliphatic rings. The van der Waals surface area contributed by atoms with Crippen molar-refractivity contribution in [2.75, 3.05) is 4.90 Å². The summed E-state index contributed by atoms with van der Waals surface area (Å²) in [5.41, 5.74) is 13.6. The number of amidine groups is 1. The molecule has 0 saturated heterocycles. The fourth-order valence-corrected chi connectivity index (χ4v) is 7.70. The van der Waals surface area contributed by atoms with Crippen LogP contribution >= 0.6 is 0 Å². The molecule has 0 saturated carbocycles. The van der Waals surface area contributed by atoms with Gasteiger partial charge in [0.2, 0.25) is 0 Å². The summed E-state index contributed by atoms with van der Waals surface area (Å²) < 4.78 is 2.40. The monoisotopic (exact) mass is 666 g/mol. The lowest BCUT2D eigenvalue weighted by Gasteiger charge is -2.27. The van der Waals surface area contributed by atoms with Gasteiger partial charge in [0.1, 0.15) is 12.0 Å². The van der Waals surface area contributed by atoms with Crippen LogP contribution in [0.4, 0.5) is 17.1 Å². The van der Waals surface area contributed by atoms with Crippen LogP contribution in [0.2, 0.25) is 0 Å². The maximum Gasteiger partial charge on any atom is 0.149 e. The summed E-state index contributed by atoms with van der Waals surface area (Å²) in [5, 5.41) is 6.08. The summed E-state index contributed by atoms with van der Waals surface area (Å²) >= 11 is 0. The van der Waals surface area contributed by atoms with Crippen molar-refractivity contribution in [1.82, 2.24) is 9.88 Å². The molecule has 0 amide bonds. The second-order valence-corrected chi connectivity index (χ2v) is 13.3. The summed E-state index contributed by atoms with van der Waals surface area (Å²) in [6.07, 6.45) is 6.44. The summed E-state index contributed by atoms with van der Waals surface area (Å²) in [5.74, 6) is 0.856. The van der Waals surface area contributed by atoms with Crippen molar-refractivity contribution in [2.24, 2.45) is 4.99 Å². The number of benzene rings is 7. The molecule has 3 heterocycles. The quantitative estimate of drug-likeness (QED) is 0.198. The lowest BCUT2D eigenvalue weighted by molar-refractivity contribution is 0.668. The number of anilines is 3. The Morgan fingerprint density at radius 1 is 0.462 bits per heavy atom. The third kappa shape index (κ3) is 5.12. The van der Waals surface area contributed by atoms with Gasteiger partial charge in [0.05, 0.1) is 22.4 Å². The molecule has 0 fully saturated rings. The molecule has 4 heteroatoms. The largest absolute Gasteiger partial charge is 0.340 e. The molecule has 1 atom stereocenters. The van der Waals surface area contributed by atoms with Gasteiger partial charge in [0.25, 0.3) is 0 Å². The number of hydrogen-bond acceptors (Lipinski definition) is 3. The molecule has 1 unspecified atom stereocenters. The van der Waals surface area contributed by atoms with Gasteiger partial charge in [0.15, 0.2) is 0 Å². The van der Waals surface area contributed by atoms with E-state index in [4.69, 9.17) is 4.99 Å². The third-order valence-corrected chi connectivity index (χ3v) is 10.2. The Hall–Kier alpha value is -6.91. The Bertz CT molecular complexity index is 2650. The van der Waals surface area contributed by atoms with Crippen LogP contribution in [0, 0.1) is 0 Å². The number of hydrogen-bond donors (Lipinski definition) is 1.